The first kappa shape index (κ1) is 14.4. The molecule has 0 bridgehead atoms. The molecule has 2 aromatic rings. The van der Waals surface area contributed by atoms with Crippen molar-refractivity contribution in [2.45, 2.75) is 29.5 Å². The third kappa shape index (κ3) is 3.07. The van der Waals surface area contributed by atoms with E-state index in [0.29, 0.717) is 5.13 Å². The van der Waals surface area contributed by atoms with Crippen LogP contribution in [0.4, 0.5) is 9.52 Å². The summed E-state index contributed by atoms with van der Waals surface area (Å²) < 4.78 is 35.9. The van der Waals surface area contributed by atoms with Crippen molar-refractivity contribution in [1.82, 2.24) is 4.98 Å². The third-order valence-electron chi connectivity index (χ3n) is 3.48. The molecule has 1 unspecified atom stereocenters. The number of sulfonamides is 1. The molecule has 1 aliphatic carbocycles. The summed E-state index contributed by atoms with van der Waals surface area (Å²) in [5.41, 5.74) is 2.02. The van der Waals surface area contributed by atoms with E-state index in [9.17, 15) is 12.8 Å². The zero-order chi connectivity index (χ0) is 15.0. The Hall–Kier alpha value is -1.51. The highest BCUT2D eigenvalue weighted by atomic mass is 32.2. The van der Waals surface area contributed by atoms with E-state index in [-0.39, 0.29) is 16.1 Å². The molecule has 0 aliphatic heterocycles. The highest BCUT2D eigenvalue weighted by molar-refractivity contribution is 7.91. The Kier molecular flexibility index (Phi) is 3.68. The fraction of sp³-hybridized carbons (Fsp3) is 0.308. The van der Waals surface area contributed by atoms with E-state index in [1.807, 2.05) is 0 Å². The molecule has 1 aromatic carbocycles. The number of halogens is 1. The van der Waals surface area contributed by atoms with Gasteiger partial charge in [-0.15, -0.1) is 0 Å². The molecule has 5 nitrogen and oxygen atoms in total. The van der Waals surface area contributed by atoms with Gasteiger partial charge < -0.3 is 5.32 Å². The molecular weight excluding hydrogens is 313 g/mol. The number of anilines is 1. The van der Waals surface area contributed by atoms with Gasteiger partial charge in [0.1, 0.15) is 5.82 Å². The number of nitrogens with two attached hydrogens (primary N) is 1. The molecule has 1 heterocycles. The third-order valence-corrected chi connectivity index (χ3v) is 5.82. The van der Waals surface area contributed by atoms with Gasteiger partial charge in [0.2, 0.25) is 10.0 Å². The van der Waals surface area contributed by atoms with Crippen molar-refractivity contribution >= 4 is 26.5 Å². The lowest BCUT2D eigenvalue weighted by Crippen LogP contribution is -2.17. The maximum absolute atomic E-state index is 13.4. The van der Waals surface area contributed by atoms with E-state index in [0.717, 1.165) is 41.7 Å². The van der Waals surface area contributed by atoms with E-state index in [1.54, 1.807) is 6.07 Å². The number of aryl methyl sites for hydroxylation is 1. The average Bonchev–Trinajstić information content (AvgIpc) is 2.88. The molecule has 0 fully saturated rings. The van der Waals surface area contributed by atoms with Crippen molar-refractivity contribution in [1.29, 1.82) is 0 Å². The summed E-state index contributed by atoms with van der Waals surface area (Å²) in [7, 11) is -3.73. The van der Waals surface area contributed by atoms with Crippen LogP contribution in [0, 0.1) is 5.82 Å². The van der Waals surface area contributed by atoms with Crippen LogP contribution < -0.4 is 10.5 Å². The lowest BCUT2D eigenvalue weighted by molar-refractivity contribution is 0.579. The average molecular weight is 327 g/mol. The Labute approximate surface area is 126 Å². The fourth-order valence-corrected chi connectivity index (χ4v) is 4.03. The van der Waals surface area contributed by atoms with Crippen molar-refractivity contribution < 1.29 is 12.8 Å². The van der Waals surface area contributed by atoms with Crippen molar-refractivity contribution in [2.75, 3.05) is 5.32 Å². The lowest BCUT2D eigenvalue weighted by Gasteiger charge is -2.26. The highest BCUT2D eigenvalue weighted by Crippen LogP contribution is 2.34. The normalized spacial score (nSPS) is 18.3. The summed E-state index contributed by atoms with van der Waals surface area (Å²) in [6.45, 7) is 0. The van der Waals surface area contributed by atoms with Gasteiger partial charge in [-0.05, 0) is 42.5 Å². The SMILES string of the molecule is NS(=O)(=O)c1cnc(NC2CCCc3ccc(F)cc32)s1. The minimum absolute atomic E-state index is 0.0141. The van der Waals surface area contributed by atoms with Crippen LogP contribution in [0.2, 0.25) is 0 Å². The monoisotopic (exact) mass is 327 g/mol. The molecule has 0 saturated carbocycles. The first-order chi connectivity index (χ1) is 9.93. The molecule has 3 N–H and O–H groups in total. The van der Waals surface area contributed by atoms with Crippen molar-refractivity contribution in [3.63, 3.8) is 0 Å². The van der Waals surface area contributed by atoms with Crippen LogP contribution in [0.25, 0.3) is 0 Å². The van der Waals surface area contributed by atoms with Gasteiger partial charge in [-0.2, -0.15) is 0 Å². The van der Waals surface area contributed by atoms with Crippen molar-refractivity contribution in [2.24, 2.45) is 5.14 Å². The second-order valence-electron chi connectivity index (χ2n) is 4.96. The largest absolute Gasteiger partial charge is 0.355 e. The number of fused-ring (bicyclic) bond motifs is 1. The zero-order valence-electron chi connectivity index (χ0n) is 11.0. The molecule has 112 valence electrons. The van der Waals surface area contributed by atoms with Crippen molar-refractivity contribution in [3.05, 3.63) is 41.3 Å². The Morgan fingerprint density at radius 2 is 2.24 bits per heavy atom. The molecule has 8 heteroatoms. The Morgan fingerprint density at radius 1 is 1.43 bits per heavy atom. The second kappa shape index (κ2) is 5.36. The number of nitrogens with one attached hydrogen (secondary N) is 1. The quantitative estimate of drug-likeness (QED) is 0.906. The summed E-state index contributed by atoms with van der Waals surface area (Å²) in [4.78, 5) is 4.03. The van der Waals surface area contributed by atoms with Crippen LogP contribution in [0.1, 0.15) is 30.0 Å². The number of nitrogens with zero attached hydrogens (tertiary/aromatic N) is 1. The lowest BCUT2D eigenvalue weighted by atomic mass is 9.88. The van der Waals surface area contributed by atoms with E-state index < -0.39 is 10.0 Å². The number of hydrogen-bond donors (Lipinski definition) is 2. The molecule has 0 amide bonds. The van der Waals surface area contributed by atoms with Gasteiger partial charge in [0.05, 0.1) is 12.2 Å². The van der Waals surface area contributed by atoms with E-state index in [1.165, 1.54) is 18.3 Å². The Balaban J connectivity index is 1.87. The van der Waals surface area contributed by atoms with E-state index in [4.69, 9.17) is 5.14 Å². The zero-order valence-corrected chi connectivity index (χ0v) is 12.7. The van der Waals surface area contributed by atoms with Crippen LogP contribution in [0.5, 0.6) is 0 Å². The topological polar surface area (TPSA) is 85.1 Å². The van der Waals surface area contributed by atoms with Crippen LogP contribution in [-0.4, -0.2) is 13.4 Å². The van der Waals surface area contributed by atoms with Crippen LogP contribution in [0.15, 0.2) is 28.6 Å². The Morgan fingerprint density at radius 3 is 2.95 bits per heavy atom. The molecular formula is C13H14FN3O2S2. The first-order valence-corrected chi connectivity index (χ1v) is 8.83. The summed E-state index contributed by atoms with van der Waals surface area (Å²) in [5, 5.41) is 8.72. The van der Waals surface area contributed by atoms with Crippen LogP contribution >= 0.6 is 11.3 Å². The van der Waals surface area contributed by atoms with Gasteiger partial charge in [0.15, 0.2) is 9.34 Å². The fourth-order valence-electron chi connectivity index (χ4n) is 2.53. The maximum Gasteiger partial charge on any atom is 0.249 e. The van der Waals surface area contributed by atoms with E-state index >= 15 is 0 Å². The Bertz CT molecular complexity index is 773. The minimum Gasteiger partial charge on any atom is -0.355 e. The summed E-state index contributed by atoms with van der Waals surface area (Å²) in [5.74, 6) is -0.271. The highest BCUT2D eigenvalue weighted by Gasteiger charge is 2.22. The smallest absolute Gasteiger partial charge is 0.249 e. The molecule has 1 aromatic heterocycles. The first-order valence-electron chi connectivity index (χ1n) is 6.47. The minimum atomic E-state index is -3.73. The number of aromatic nitrogens is 1. The summed E-state index contributed by atoms with van der Waals surface area (Å²) >= 11 is 0.983. The molecule has 0 spiro atoms. The van der Waals surface area contributed by atoms with Gasteiger partial charge in [-0.1, -0.05) is 17.4 Å². The standard InChI is InChI=1S/C13H14FN3O2S2/c14-9-5-4-8-2-1-3-11(10(8)6-9)17-13-16-7-12(20-13)21(15,18)19/h4-7,11H,1-3H2,(H,16,17)(H2,15,18,19). The second-order valence-corrected chi connectivity index (χ2v) is 7.78. The van der Waals surface area contributed by atoms with E-state index in [2.05, 4.69) is 10.3 Å². The van der Waals surface area contributed by atoms with Gasteiger partial charge >= 0.3 is 0 Å². The summed E-state index contributed by atoms with van der Waals surface area (Å²) in [6.07, 6.45) is 4.00. The molecule has 3 rings (SSSR count). The predicted molar refractivity (Wildman–Crippen MR) is 79.2 cm³/mol. The summed E-state index contributed by atoms with van der Waals surface area (Å²) in [6, 6.07) is 4.73. The number of thiazole rings is 1. The molecule has 21 heavy (non-hydrogen) atoms. The van der Waals surface area contributed by atoms with Crippen LogP contribution in [0.3, 0.4) is 0 Å². The molecule has 1 aliphatic rings. The van der Waals surface area contributed by atoms with Gasteiger partial charge in [-0.25, -0.2) is 22.9 Å². The van der Waals surface area contributed by atoms with Crippen LogP contribution in [-0.2, 0) is 16.4 Å². The predicted octanol–water partition coefficient (Wildman–Crippen LogP) is 2.42. The molecule has 1 atom stereocenters. The molecule has 0 radical (unpaired) electrons. The van der Waals surface area contributed by atoms with Gasteiger partial charge in [0.25, 0.3) is 0 Å². The molecule has 0 saturated heterocycles. The maximum atomic E-state index is 13.4. The van der Waals surface area contributed by atoms with Gasteiger partial charge in [0, 0.05) is 0 Å². The van der Waals surface area contributed by atoms with Gasteiger partial charge in [-0.3, -0.25) is 0 Å². The number of rotatable bonds is 3. The number of primary sulfonamides is 1. The number of hydrogen-bond acceptors (Lipinski definition) is 5. The number of benzene rings is 1. The van der Waals surface area contributed by atoms with Crippen molar-refractivity contribution in [3.8, 4) is 0 Å².